The van der Waals surface area contributed by atoms with Gasteiger partial charge in [-0.25, -0.2) is 0 Å². The molecule has 1 atom stereocenters. The van der Waals surface area contributed by atoms with Crippen molar-refractivity contribution in [3.63, 3.8) is 0 Å². The number of hydrogen-bond donors (Lipinski definition) is 3. The average Bonchev–Trinajstić information content (AvgIpc) is 3.58. The SMILES string of the molecule is Cc1c(COc2cc(OCc3cncc(C#N)c3)c(CN(C)C(C)(CO)CO)cc2Cl)cccc1-c1cccc(OCCCN2CC[C@@H](O)C2)c1Cl. The van der Waals surface area contributed by atoms with Crippen LogP contribution >= 0.6 is 23.2 Å². The van der Waals surface area contributed by atoms with E-state index < -0.39 is 5.54 Å². The summed E-state index contributed by atoms with van der Waals surface area (Å²) in [5.41, 5.74) is 4.75. The third kappa shape index (κ3) is 9.73. The van der Waals surface area contributed by atoms with Crippen molar-refractivity contribution in [3.8, 4) is 34.4 Å². The number of likely N-dealkylation sites (N-methyl/N-ethyl adjacent to an activating group) is 1. The van der Waals surface area contributed by atoms with Crippen molar-refractivity contribution >= 4 is 23.2 Å². The molecule has 1 aliphatic rings. The Morgan fingerprint density at radius 1 is 0.962 bits per heavy atom. The zero-order valence-electron chi connectivity index (χ0n) is 29.8. The molecule has 276 valence electrons. The van der Waals surface area contributed by atoms with Gasteiger partial charge in [-0.3, -0.25) is 9.88 Å². The minimum Gasteiger partial charge on any atom is -0.492 e. The van der Waals surface area contributed by atoms with Gasteiger partial charge in [0.25, 0.3) is 0 Å². The van der Waals surface area contributed by atoms with Gasteiger partial charge in [-0.05, 0) is 68.6 Å². The van der Waals surface area contributed by atoms with E-state index in [1.165, 1.54) is 6.20 Å². The predicted octanol–water partition coefficient (Wildman–Crippen LogP) is 6.40. The minimum absolute atomic E-state index is 0.144. The van der Waals surface area contributed by atoms with Crippen LogP contribution in [0.2, 0.25) is 10.0 Å². The van der Waals surface area contributed by atoms with Gasteiger partial charge >= 0.3 is 0 Å². The summed E-state index contributed by atoms with van der Waals surface area (Å²) in [4.78, 5) is 8.22. The van der Waals surface area contributed by atoms with Gasteiger partial charge in [0.2, 0.25) is 0 Å². The van der Waals surface area contributed by atoms with Gasteiger partial charge in [0.1, 0.15) is 36.5 Å². The molecular weight excluding hydrogens is 703 g/mol. The quantitative estimate of drug-likeness (QED) is 0.104. The lowest BCUT2D eigenvalue weighted by Gasteiger charge is -2.36. The van der Waals surface area contributed by atoms with E-state index in [-0.39, 0.29) is 32.5 Å². The molecule has 2 heterocycles. The van der Waals surface area contributed by atoms with Gasteiger partial charge in [0, 0.05) is 61.3 Å². The maximum Gasteiger partial charge on any atom is 0.142 e. The lowest BCUT2D eigenvalue weighted by atomic mass is 9.96. The summed E-state index contributed by atoms with van der Waals surface area (Å²) >= 11 is 13.7. The van der Waals surface area contributed by atoms with Crippen molar-refractivity contribution in [1.29, 1.82) is 5.26 Å². The second kappa shape index (κ2) is 18.2. The summed E-state index contributed by atoms with van der Waals surface area (Å²) in [5.74, 6) is 1.54. The summed E-state index contributed by atoms with van der Waals surface area (Å²) in [7, 11) is 1.81. The van der Waals surface area contributed by atoms with Crippen LogP contribution in [-0.2, 0) is 19.8 Å². The molecule has 1 saturated heterocycles. The lowest BCUT2D eigenvalue weighted by molar-refractivity contribution is 0.0104. The molecule has 52 heavy (non-hydrogen) atoms. The normalized spacial score (nSPS) is 14.8. The molecule has 4 aromatic rings. The molecule has 3 aromatic carbocycles. The number of aliphatic hydroxyl groups is 3. The van der Waals surface area contributed by atoms with Gasteiger partial charge < -0.3 is 34.4 Å². The van der Waals surface area contributed by atoms with E-state index in [0.29, 0.717) is 52.6 Å². The van der Waals surface area contributed by atoms with Crippen LogP contribution in [0.1, 0.15) is 47.6 Å². The number of likely N-dealkylation sites (tertiary alicyclic amines) is 1. The molecule has 0 radical (unpaired) electrons. The Kier molecular flexibility index (Phi) is 13.8. The smallest absolute Gasteiger partial charge is 0.142 e. The predicted molar refractivity (Wildman–Crippen MR) is 202 cm³/mol. The summed E-state index contributed by atoms with van der Waals surface area (Å²) in [5, 5.41) is 40.0. The van der Waals surface area contributed by atoms with Crippen molar-refractivity contribution in [2.75, 3.05) is 46.5 Å². The maximum atomic E-state index is 9.98. The minimum atomic E-state index is -0.875. The van der Waals surface area contributed by atoms with Crippen molar-refractivity contribution in [2.45, 2.75) is 58.1 Å². The second-order valence-corrected chi connectivity index (χ2v) is 14.3. The second-order valence-electron chi connectivity index (χ2n) is 13.5. The molecule has 1 aromatic heterocycles. The highest BCUT2D eigenvalue weighted by Gasteiger charge is 2.29. The molecule has 0 spiro atoms. The van der Waals surface area contributed by atoms with Crippen molar-refractivity contribution in [1.82, 2.24) is 14.8 Å². The number of hydrogen-bond acceptors (Lipinski definition) is 10. The Labute approximate surface area is 315 Å². The van der Waals surface area contributed by atoms with Crippen LogP contribution in [0.25, 0.3) is 11.1 Å². The number of rotatable bonds is 17. The lowest BCUT2D eigenvalue weighted by Crippen LogP contribution is -2.49. The van der Waals surface area contributed by atoms with Crippen LogP contribution in [-0.4, -0.2) is 88.2 Å². The number of aromatic nitrogens is 1. The van der Waals surface area contributed by atoms with Crippen LogP contribution in [0.3, 0.4) is 0 Å². The number of nitrogens with zero attached hydrogens (tertiary/aromatic N) is 4. The first kappa shape index (κ1) is 39.3. The van der Waals surface area contributed by atoms with Crippen LogP contribution < -0.4 is 14.2 Å². The van der Waals surface area contributed by atoms with E-state index in [2.05, 4.69) is 16.0 Å². The number of ether oxygens (including phenoxy) is 3. The molecule has 1 fully saturated rings. The molecule has 0 amide bonds. The molecule has 10 nitrogen and oxygen atoms in total. The largest absolute Gasteiger partial charge is 0.492 e. The van der Waals surface area contributed by atoms with E-state index in [1.54, 1.807) is 38.4 Å². The average molecular weight is 750 g/mol. The van der Waals surface area contributed by atoms with Gasteiger partial charge in [-0.15, -0.1) is 0 Å². The van der Waals surface area contributed by atoms with Gasteiger partial charge in [0.15, 0.2) is 0 Å². The fraction of sp³-hybridized carbons (Fsp3) is 0.400. The number of nitriles is 1. The molecule has 0 unspecified atom stereocenters. The van der Waals surface area contributed by atoms with Crippen molar-refractivity contribution < 1.29 is 29.5 Å². The Bertz CT molecular complexity index is 1860. The fourth-order valence-electron chi connectivity index (χ4n) is 6.07. The standard InChI is InChI=1S/C40H46Cl2N4O6/c1-27-30(7-4-8-33(27)34-9-5-10-36(39(34)42)50-14-6-12-46-13-11-32(49)22-46)24-52-38-17-37(51-23-29-15-28(18-43)19-44-20-29)31(16-35(38)41)21-45(3)40(2,25-47)26-48/h4-5,7-10,15-17,19-20,32,47-49H,6,11-14,21-26H2,1-3H3/t32-/m1/s1. The number of halogens is 2. The first-order valence-corrected chi connectivity index (χ1v) is 18.1. The number of pyridine rings is 1. The first-order chi connectivity index (χ1) is 25.0. The maximum absolute atomic E-state index is 9.98. The molecule has 0 aliphatic carbocycles. The Hall–Kier alpha value is -3.92. The third-order valence-corrected chi connectivity index (χ3v) is 10.3. The third-order valence-electron chi connectivity index (χ3n) is 9.65. The van der Waals surface area contributed by atoms with Crippen molar-refractivity contribution in [2.24, 2.45) is 0 Å². The molecule has 0 saturated carbocycles. The topological polar surface area (TPSA) is 132 Å². The van der Waals surface area contributed by atoms with Crippen molar-refractivity contribution in [3.05, 3.63) is 105 Å². The number of benzene rings is 3. The molecular formula is C40H46Cl2N4O6. The molecule has 1 aliphatic heterocycles. The highest BCUT2D eigenvalue weighted by molar-refractivity contribution is 6.35. The Morgan fingerprint density at radius 2 is 1.71 bits per heavy atom. The monoisotopic (exact) mass is 748 g/mol. The first-order valence-electron chi connectivity index (χ1n) is 17.3. The summed E-state index contributed by atoms with van der Waals surface area (Å²) in [6.45, 7) is 7.00. The Balaban J connectivity index is 1.33. The number of aliphatic hydroxyl groups excluding tert-OH is 3. The highest BCUT2D eigenvalue weighted by Crippen LogP contribution is 2.39. The van der Waals surface area contributed by atoms with E-state index in [1.807, 2.05) is 48.2 Å². The van der Waals surface area contributed by atoms with Gasteiger partial charge in [0.05, 0.1) is 47.1 Å². The molecule has 0 bridgehead atoms. The fourth-order valence-corrected chi connectivity index (χ4v) is 6.60. The van der Waals surface area contributed by atoms with E-state index in [0.717, 1.165) is 59.3 Å². The van der Waals surface area contributed by atoms with Crippen LogP contribution in [0.4, 0.5) is 0 Å². The molecule has 12 heteroatoms. The summed E-state index contributed by atoms with van der Waals surface area (Å²) in [6, 6.07) is 19.1. The summed E-state index contributed by atoms with van der Waals surface area (Å²) in [6.07, 6.45) is 4.55. The zero-order valence-corrected chi connectivity index (χ0v) is 31.3. The molecule has 3 N–H and O–H groups in total. The van der Waals surface area contributed by atoms with Gasteiger partial charge in [-0.1, -0.05) is 53.5 Å². The van der Waals surface area contributed by atoms with Crippen LogP contribution in [0, 0.1) is 18.3 Å². The summed E-state index contributed by atoms with van der Waals surface area (Å²) < 4.78 is 18.7. The van der Waals surface area contributed by atoms with Gasteiger partial charge in [-0.2, -0.15) is 5.26 Å². The van der Waals surface area contributed by atoms with Crippen LogP contribution in [0.15, 0.2) is 67.0 Å². The zero-order chi connectivity index (χ0) is 37.3. The highest BCUT2D eigenvalue weighted by atomic mass is 35.5. The number of β-amino-alcohol motifs (C(OH)–C–C–N with tert-alkyl or cyclic N) is 1. The van der Waals surface area contributed by atoms with E-state index in [9.17, 15) is 20.6 Å². The Morgan fingerprint density at radius 3 is 2.44 bits per heavy atom. The molecule has 5 rings (SSSR count). The van der Waals surface area contributed by atoms with E-state index in [4.69, 9.17) is 37.4 Å². The van der Waals surface area contributed by atoms with E-state index >= 15 is 0 Å². The van der Waals surface area contributed by atoms with Crippen LogP contribution in [0.5, 0.6) is 17.2 Å².